The Morgan fingerprint density at radius 3 is 2.67 bits per heavy atom. The van der Waals surface area contributed by atoms with E-state index < -0.39 is 6.04 Å². The first-order valence-electron chi connectivity index (χ1n) is 4.70. The Kier molecular flexibility index (Phi) is 3.53. The van der Waals surface area contributed by atoms with Crippen LogP contribution in [0.1, 0.15) is 39.0 Å². The van der Waals surface area contributed by atoms with Crippen LogP contribution in [0.15, 0.2) is 0 Å². The number of carbonyl (C=O) groups is 1. The zero-order chi connectivity index (χ0) is 8.97. The van der Waals surface area contributed by atoms with Gasteiger partial charge in [-0.15, -0.1) is 0 Å². The molecule has 0 radical (unpaired) electrons. The van der Waals surface area contributed by atoms with Crippen molar-refractivity contribution in [3.05, 3.63) is 0 Å². The van der Waals surface area contributed by atoms with Gasteiger partial charge in [0.05, 0.1) is 0 Å². The van der Waals surface area contributed by atoms with Gasteiger partial charge in [-0.3, -0.25) is 4.79 Å². The van der Waals surface area contributed by atoms with E-state index in [2.05, 4.69) is 0 Å². The Bertz CT molecular complexity index is 153. The third-order valence-corrected chi connectivity index (χ3v) is 2.33. The van der Waals surface area contributed by atoms with E-state index in [4.69, 9.17) is 10.5 Å². The summed E-state index contributed by atoms with van der Waals surface area (Å²) in [7, 11) is 0. The van der Waals surface area contributed by atoms with Gasteiger partial charge in [0.15, 0.2) is 0 Å². The zero-order valence-electron chi connectivity index (χ0n) is 7.58. The average molecular weight is 171 g/mol. The maximum Gasteiger partial charge on any atom is 0.323 e. The lowest BCUT2D eigenvalue weighted by atomic mass is 10.2. The molecule has 0 aromatic carbocycles. The second-order valence-electron chi connectivity index (χ2n) is 3.36. The first-order chi connectivity index (χ1) is 5.74. The van der Waals surface area contributed by atoms with Gasteiger partial charge in [-0.25, -0.2) is 0 Å². The van der Waals surface area contributed by atoms with Crippen molar-refractivity contribution in [2.45, 2.75) is 51.2 Å². The minimum absolute atomic E-state index is 0.148. The van der Waals surface area contributed by atoms with E-state index in [0.29, 0.717) is 6.42 Å². The Morgan fingerprint density at radius 1 is 1.58 bits per heavy atom. The fraction of sp³-hybridized carbons (Fsp3) is 0.889. The maximum absolute atomic E-state index is 11.2. The van der Waals surface area contributed by atoms with Crippen LogP contribution in [-0.4, -0.2) is 18.1 Å². The molecule has 0 aliphatic heterocycles. The van der Waals surface area contributed by atoms with Crippen molar-refractivity contribution >= 4 is 5.97 Å². The highest BCUT2D eigenvalue weighted by molar-refractivity contribution is 5.75. The summed E-state index contributed by atoms with van der Waals surface area (Å²) in [5.74, 6) is -0.232. The van der Waals surface area contributed by atoms with Crippen LogP contribution in [0.4, 0.5) is 0 Å². The minimum Gasteiger partial charge on any atom is -0.461 e. The number of esters is 1. The molecular weight excluding hydrogens is 154 g/mol. The molecule has 1 aliphatic rings. The lowest BCUT2D eigenvalue weighted by Gasteiger charge is -2.14. The van der Waals surface area contributed by atoms with E-state index in [-0.39, 0.29) is 12.1 Å². The molecule has 2 N–H and O–H groups in total. The fourth-order valence-electron chi connectivity index (χ4n) is 1.42. The molecule has 1 fully saturated rings. The minimum atomic E-state index is -0.425. The molecule has 0 heterocycles. The van der Waals surface area contributed by atoms with Crippen LogP contribution >= 0.6 is 0 Å². The van der Waals surface area contributed by atoms with Gasteiger partial charge in [0.2, 0.25) is 0 Å². The summed E-state index contributed by atoms with van der Waals surface area (Å²) in [6.45, 7) is 1.89. The summed E-state index contributed by atoms with van der Waals surface area (Å²) < 4.78 is 5.20. The number of ether oxygens (including phenoxy) is 1. The SMILES string of the molecule is CCC(N)C(=O)OC1CCCC1. The molecule has 1 unspecified atom stereocenters. The molecule has 0 bridgehead atoms. The van der Waals surface area contributed by atoms with Crippen LogP contribution < -0.4 is 5.73 Å². The molecule has 1 aliphatic carbocycles. The van der Waals surface area contributed by atoms with Crippen LogP contribution in [0.2, 0.25) is 0 Å². The summed E-state index contributed by atoms with van der Waals surface area (Å²) in [6.07, 6.45) is 5.20. The average Bonchev–Trinajstić information content (AvgIpc) is 2.55. The normalized spacial score (nSPS) is 20.8. The van der Waals surface area contributed by atoms with Crippen LogP contribution in [0.3, 0.4) is 0 Å². The molecule has 0 amide bonds. The van der Waals surface area contributed by atoms with Gasteiger partial charge < -0.3 is 10.5 Å². The lowest BCUT2D eigenvalue weighted by Crippen LogP contribution is -2.33. The lowest BCUT2D eigenvalue weighted by molar-refractivity contribution is -0.150. The highest BCUT2D eigenvalue weighted by atomic mass is 16.5. The Balaban J connectivity index is 2.25. The van der Waals surface area contributed by atoms with Gasteiger partial charge in [-0.05, 0) is 32.1 Å². The van der Waals surface area contributed by atoms with Gasteiger partial charge >= 0.3 is 5.97 Å². The number of nitrogens with two attached hydrogens (primary N) is 1. The second kappa shape index (κ2) is 4.45. The molecule has 12 heavy (non-hydrogen) atoms. The molecule has 0 aromatic heterocycles. The van der Waals surface area contributed by atoms with Crippen molar-refractivity contribution in [1.82, 2.24) is 0 Å². The number of carbonyl (C=O) groups excluding carboxylic acids is 1. The summed E-state index contributed by atoms with van der Waals surface area (Å²) in [4.78, 5) is 11.2. The quantitative estimate of drug-likeness (QED) is 0.649. The standard InChI is InChI=1S/C9H17NO2/c1-2-8(10)9(11)12-7-5-3-4-6-7/h7-8H,2-6,10H2,1H3. The molecule has 70 valence electrons. The van der Waals surface area contributed by atoms with Crippen LogP contribution in [0.25, 0.3) is 0 Å². The van der Waals surface area contributed by atoms with Crippen LogP contribution in [0, 0.1) is 0 Å². The number of hydrogen-bond acceptors (Lipinski definition) is 3. The maximum atomic E-state index is 11.2. The summed E-state index contributed by atoms with van der Waals surface area (Å²) in [6, 6.07) is -0.425. The molecule has 0 saturated heterocycles. The van der Waals surface area contributed by atoms with Crippen LogP contribution in [-0.2, 0) is 9.53 Å². The largest absolute Gasteiger partial charge is 0.461 e. The summed E-state index contributed by atoms with van der Waals surface area (Å²) >= 11 is 0. The number of hydrogen-bond donors (Lipinski definition) is 1. The van der Waals surface area contributed by atoms with E-state index in [9.17, 15) is 4.79 Å². The first kappa shape index (κ1) is 9.52. The fourth-order valence-corrected chi connectivity index (χ4v) is 1.42. The second-order valence-corrected chi connectivity index (χ2v) is 3.36. The molecule has 1 atom stereocenters. The topological polar surface area (TPSA) is 52.3 Å². The van der Waals surface area contributed by atoms with Gasteiger partial charge in [-0.1, -0.05) is 6.92 Å². The molecule has 0 aromatic rings. The van der Waals surface area contributed by atoms with Crippen molar-refractivity contribution in [2.75, 3.05) is 0 Å². The Hall–Kier alpha value is -0.570. The Morgan fingerprint density at radius 2 is 2.17 bits per heavy atom. The monoisotopic (exact) mass is 171 g/mol. The highest BCUT2D eigenvalue weighted by Gasteiger charge is 2.21. The summed E-state index contributed by atoms with van der Waals surface area (Å²) in [5, 5.41) is 0. The van der Waals surface area contributed by atoms with Gasteiger partial charge in [-0.2, -0.15) is 0 Å². The van der Waals surface area contributed by atoms with Gasteiger partial charge in [0, 0.05) is 0 Å². The first-order valence-corrected chi connectivity index (χ1v) is 4.70. The molecule has 1 saturated carbocycles. The smallest absolute Gasteiger partial charge is 0.323 e. The number of rotatable bonds is 3. The van der Waals surface area contributed by atoms with Crippen molar-refractivity contribution in [1.29, 1.82) is 0 Å². The zero-order valence-corrected chi connectivity index (χ0v) is 7.58. The molecular formula is C9H17NO2. The van der Waals surface area contributed by atoms with Crippen molar-refractivity contribution in [3.8, 4) is 0 Å². The predicted molar refractivity (Wildman–Crippen MR) is 46.6 cm³/mol. The summed E-state index contributed by atoms with van der Waals surface area (Å²) in [5.41, 5.74) is 5.52. The third-order valence-electron chi connectivity index (χ3n) is 2.33. The Labute approximate surface area is 73.3 Å². The predicted octanol–water partition coefficient (Wildman–Crippen LogP) is 1.21. The third kappa shape index (κ3) is 2.48. The van der Waals surface area contributed by atoms with Crippen molar-refractivity contribution in [2.24, 2.45) is 5.73 Å². The molecule has 3 heteroatoms. The van der Waals surface area contributed by atoms with E-state index >= 15 is 0 Å². The van der Waals surface area contributed by atoms with E-state index in [1.54, 1.807) is 0 Å². The highest BCUT2D eigenvalue weighted by Crippen LogP contribution is 2.21. The van der Waals surface area contributed by atoms with E-state index in [0.717, 1.165) is 12.8 Å². The van der Waals surface area contributed by atoms with Gasteiger partial charge in [0.1, 0.15) is 12.1 Å². The van der Waals surface area contributed by atoms with Crippen LogP contribution in [0.5, 0.6) is 0 Å². The van der Waals surface area contributed by atoms with E-state index in [1.165, 1.54) is 12.8 Å². The van der Waals surface area contributed by atoms with E-state index in [1.807, 2.05) is 6.92 Å². The van der Waals surface area contributed by atoms with Crippen molar-refractivity contribution in [3.63, 3.8) is 0 Å². The molecule has 0 spiro atoms. The molecule has 1 rings (SSSR count). The van der Waals surface area contributed by atoms with Gasteiger partial charge in [0.25, 0.3) is 0 Å². The van der Waals surface area contributed by atoms with Crippen molar-refractivity contribution < 1.29 is 9.53 Å². The molecule has 3 nitrogen and oxygen atoms in total.